The van der Waals surface area contributed by atoms with Gasteiger partial charge < -0.3 is 10.3 Å². The van der Waals surface area contributed by atoms with Gasteiger partial charge in [-0.05, 0) is 6.42 Å². The molecule has 0 fully saturated rings. The number of amides is 1. The molecule has 0 spiro atoms. The summed E-state index contributed by atoms with van der Waals surface area (Å²) in [5, 5.41) is 0. The first-order valence-electron chi connectivity index (χ1n) is 4.07. The van der Waals surface area contributed by atoms with Gasteiger partial charge in [-0.1, -0.05) is 0 Å². The maximum absolute atomic E-state index is 10.5. The number of hydrogen-bond acceptors (Lipinski definition) is 2. The second-order valence-electron chi connectivity index (χ2n) is 2.78. The Morgan fingerprint density at radius 2 is 2.46 bits per heavy atom. The van der Waals surface area contributed by atoms with Crippen LogP contribution in [0.25, 0.3) is 0 Å². The highest BCUT2D eigenvalue weighted by Gasteiger charge is 2.00. The molecule has 0 aliphatic rings. The third-order valence-electron chi connectivity index (χ3n) is 1.76. The van der Waals surface area contributed by atoms with Gasteiger partial charge in [0.1, 0.15) is 0 Å². The van der Waals surface area contributed by atoms with E-state index >= 15 is 0 Å². The zero-order valence-corrected chi connectivity index (χ0v) is 8.00. The number of rotatable bonds is 5. The summed E-state index contributed by atoms with van der Waals surface area (Å²) in [5.74, 6) is 0.170. The van der Waals surface area contributed by atoms with Gasteiger partial charge in [0.25, 0.3) is 0 Å². The Hall–Kier alpha value is -1.03. The van der Waals surface area contributed by atoms with Gasteiger partial charge in [0.2, 0.25) is 5.91 Å². The number of primary amides is 1. The summed E-state index contributed by atoms with van der Waals surface area (Å²) in [7, 11) is 0. The van der Waals surface area contributed by atoms with Crippen molar-refractivity contribution in [1.29, 1.82) is 0 Å². The van der Waals surface area contributed by atoms with E-state index in [1.807, 2.05) is 4.57 Å². The van der Waals surface area contributed by atoms with E-state index in [4.69, 9.17) is 17.3 Å². The van der Waals surface area contributed by atoms with Crippen molar-refractivity contribution < 1.29 is 4.79 Å². The Bertz CT molecular complexity index is 285. The van der Waals surface area contributed by atoms with E-state index in [1.165, 1.54) is 0 Å². The minimum absolute atomic E-state index is 0.271. The number of hydrogen-bond donors (Lipinski definition) is 1. The van der Waals surface area contributed by atoms with Crippen LogP contribution in [0, 0.1) is 0 Å². The molecule has 1 amide bonds. The third-order valence-corrected chi connectivity index (χ3v) is 2.03. The second kappa shape index (κ2) is 4.87. The number of carbonyl (C=O) groups excluding carboxylic acids is 1. The van der Waals surface area contributed by atoms with Crippen molar-refractivity contribution in [2.75, 3.05) is 0 Å². The molecular formula is C8H12ClN3O. The van der Waals surface area contributed by atoms with Crippen molar-refractivity contribution in [3.63, 3.8) is 0 Å². The van der Waals surface area contributed by atoms with Gasteiger partial charge in [0, 0.05) is 19.2 Å². The molecule has 0 radical (unpaired) electrons. The van der Waals surface area contributed by atoms with Crippen LogP contribution >= 0.6 is 11.6 Å². The van der Waals surface area contributed by atoms with Crippen LogP contribution in [0.5, 0.6) is 0 Å². The van der Waals surface area contributed by atoms with E-state index in [9.17, 15) is 4.79 Å². The number of halogens is 1. The maximum atomic E-state index is 10.5. The van der Waals surface area contributed by atoms with E-state index in [2.05, 4.69) is 4.98 Å². The predicted octanol–water partition coefficient (Wildman–Crippen LogP) is 0.887. The Labute approximate surface area is 81.7 Å². The largest absolute Gasteiger partial charge is 0.370 e. The van der Waals surface area contributed by atoms with Crippen LogP contribution in [0.1, 0.15) is 18.5 Å². The van der Waals surface area contributed by atoms with Crippen LogP contribution in [-0.4, -0.2) is 15.5 Å². The first-order chi connectivity index (χ1) is 6.24. The fourth-order valence-electron chi connectivity index (χ4n) is 1.08. The molecule has 0 unspecified atom stereocenters. The van der Waals surface area contributed by atoms with Crippen LogP contribution in [0.4, 0.5) is 0 Å². The molecule has 4 nitrogen and oxygen atoms in total. The first-order valence-corrected chi connectivity index (χ1v) is 4.60. The molecular weight excluding hydrogens is 190 g/mol. The van der Waals surface area contributed by atoms with Crippen molar-refractivity contribution in [3.8, 4) is 0 Å². The number of carbonyl (C=O) groups is 1. The summed E-state index contributed by atoms with van der Waals surface area (Å²) in [5.41, 5.74) is 5.98. The van der Waals surface area contributed by atoms with Crippen molar-refractivity contribution >= 4 is 17.5 Å². The highest BCUT2D eigenvalue weighted by molar-refractivity contribution is 6.16. The summed E-state index contributed by atoms with van der Waals surface area (Å²) < 4.78 is 1.93. The number of nitrogens with two attached hydrogens (primary N) is 1. The third kappa shape index (κ3) is 3.06. The molecule has 1 aromatic heterocycles. The molecule has 1 heterocycles. The van der Waals surface area contributed by atoms with Gasteiger partial charge in [-0.25, -0.2) is 4.98 Å². The Morgan fingerprint density at radius 3 is 3.08 bits per heavy atom. The molecule has 2 N–H and O–H groups in total. The standard InChI is InChI=1S/C8H12ClN3O/c9-4-7-5-11-6-12(7)3-1-2-8(10)13/h5-6H,1-4H2,(H2,10,13). The van der Waals surface area contributed by atoms with E-state index in [0.29, 0.717) is 12.3 Å². The number of nitrogens with zero attached hydrogens (tertiary/aromatic N) is 2. The quantitative estimate of drug-likeness (QED) is 0.720. The van der Waals surface area contributed by atoms with Crippen LogP contribution in [0.15, 0.2) is 12.5 Å². The molecule has 5 heteroatoms. The van der Waals surface area contributed by atoms with Crippen LogP contribution in [0.3, 0.4) is 0 Å². The molecule has 1 rings (SSSR count). The fraction of sp³-hybridized carbons (Fsp3) is 0.500. The van der Waals surface area contributed by atoms with E-state index in [-0.39, 0.29) is 5.91 Å². The lowest BCUT2D eigenvalue weighted by Crippen LogP contribution is -2.11. The van der Waals surface area contributed by atoms with E-state index in [0.717, 1.165) is 18.7 Å². The zero-order valence-electron chi connectivity index (χ0n) is 7.24. The number of aromatic nitrogens is 2. The zero-order chi connectivity index (χ0) is 9.68. The maximum Gasteiger partial charge on any atom is 0.217 e. The van der Waals surface area contributed by atoms with Crippen LogP contribution in [0.2, 0.25) is 0 Å². The fourth-order valence-corrected chi connectivity index (χ4v) is 1.31. The Kier molecular flexibility index (Phi) is 3.76. The smallest absolute Gasteiger partial charge is 0.217 e. The number of imidazole rings is 1. The normalized spacial score (nSPS) is 10.2. The first kappa shape index (κ1) is 10.1. The summed E-state index contributed by atoms with van der Waals surface area (Å²) in [4.78, 5) is 14.4. The highest BCUT2D eigenvalue weighted by atomic mass is 35.5. The van der Waals surface area contributed by atoms with Crippen LogP contribution in [-0.2, 0) is 17.2 Å². The average Bonchev–Trinajstić information content (AvgIpc) is 2.51. The molecule has 0 atom stereocenters. The predicted molar refractivity (Wildman–Crippen MR) is 50.2 cm³/mol. The van der Waals surface area contributed by atoms with Gasteiger partial charge in [-0.2, -0.15) is 0 Å². The Balaban J connectivity index is 2.40. The molecule has 0 aliphatic heterocycles. The average molecular weight is 202 g/mol. The van der Waals surface area contributed by atoms with Crippen LogP contribution < -0.4 is 5.73 Å². The van der Waals surface area contributed by atoms with Crippen molar-refractivity contribution in [3.05, 3.63) is 18.2 Å². The topological polar surface area (TPSA) is 60.9 Å². The lowest BCUT2D eigenvalue weighted by Gasteiger charge is -2.03. The monoisotopic (exact) mass is 201 g/mol. The number of aryl methyl sites for hydroxylation is 1. The molecule has 72 valence electrons. The molecule has 0 bridgehead atoms. The molecule has 0 aromatic carbocycles. The van der Waals surface area contributed by atoms with Gasteiger partial charge in [-0.15, -0.1) is 11.6 Å². The SMILES string of the molecule is NC(=O)CCCn1cncc1CCl. The van der Waals surface area contributed by atoms with Gasteiger partial charge in [-0.3, -0.25) is 4.79 Å². The second-order valence-corrected chi connectivity index (χ2v) is 3.05. The Morgan fingerprint density at radius 1 is 1.69 bits per heavy atom. The van der Waals surface area contributed by atoms with Gasteiger partial charge >= 0.3 is 0 Å². The minimum Gasteiger partial charge on any atom is -0.370 e. The molecule has 13 heavy (non-hydrogen) atoms. The lowest BCUT2D eigenvalue weighted by molar-refractivity contribution is -0.118. The van der Waals surface area contributed by atoms with Gasteiger partial charge in [0.05, 0.1) is 17.9 Å². The van der Waals surface area contributed by atoms with Crippen molar-refractivity contribution in [1.82, 2.24) is 9.55 Å². The minimum atomic E-state index is -0.271. The summed E-state index contributed by atoms with van der Waals surface area (Å²) in [6.45, 7) is 0.741. The van der Waals surface area contributed by atoms with E-state index < -0.39 is 0 Å². The summed E-state index contributed by atoms with van der Waals surface area (Å²) in [6.07, 6.45) is 4.56. The lowest BCUT2D eigenvalue weighted by atomic mass is 10.3. The molecule has 0 saturated carbocycles. The summed E-state index contributed by atoms with van der Waals surface area (Å²) >= 11 is 5.66. The number of alkyl halides is 1. The van der Waals surface area contributed by atoms with Crippen molar-refractivity contribution in [2.24, 2.45) is 5.73 Å². The summed E-state index contributed by atoms with van der Waals surface area (Å²) in [6, 6.07) is 0. The molecule has 0 saturated heterocycles. The van der Waals surface area contributed by atoms with Crippen molar-refractivity contribution in [2.45, 2.75) is 25.3 Å². The molecule has 0 aliphatic carbocycles. The van der Waals surface area contributed by atoms with E-state index in [1.54, 1.807) is 12.5 Å². The molecule has 1 aromatic rings. The highest BCUT2D eigenvalue weighted by Crippen LogP contribution is 2.04. The van der Waals surface area contributed by atoms with Gasteiger partial charge in [0.15, 0.2) is 0 Å².